The van der Waals surface area contributed by atoms with Gasteiger partial charge in [0.05, 0.1) is 6.61 Å². The van der Waals surface area contributed by atoms with Gasteiger partial charge in [-0.1, -0.05) is 13.8 Å². The Balaban J connectivity index is 4.35. The molecule has 0 aromatic carbocycles. The van der Waals surface area contributed by atoms with Crippen molar-refractivity contribution in [3.8, 4) is 0 Å². The van der Waals surface area contributed by atoms with Gasteiger partial charge in [-0.2, -0.15) is 0 Å². The van der Waals surface area contributed by atoms with Gasteiger partial charge in [-0.3, -0.25) is 4.79 Å². The lowest BCUT2D eigenvalue weighted by Crippen LogP contribution is -2.44. The van der Waals surface area contributed by atoms with Gasteiger partial charge in [0.25, 0.3) is 5.91 Å². The molecule has 0 heterocycles. The Hall–Kier alpha value is -1.40. The molecular weight excluding hydrogens is 250 g/mol. The van der Waals surface area contributed by atoms with Crippen molar-refractivity contribution >= 4 is 11.9 Å². The molecule has 0 fully saturated rings. The molecule has 0 bridgehead atoms. The van der Waals surface area contributed by atoms with Gasteiger partial charge >= 0.3 is 5.97 Å². The molecule has 0 unspecified atom stereocenters. The Morgan fingerprint density at radius 3 is 2.21 bits per heavy atom. The van der Waals surface area contributed by atoms with Crippen molar-refractivity contribution in [2.75, 3.05) is 6.61 Å². The van der Waals surface area contributed by atoms with Crippen molar-refractivity contribution < 1.29 is 24.5 Å². The Morgan fingerprint density at radius 1 is 1.26 bits per heavy atom. The van der Waals surface area contributed by atoms with E-state index in [4.69, 9.17) is 9.84 Å². The second kappa shape index (κ2) is 6.68. The molecule has 0 saturated heterocycles. The van der Waals surface area contributed by atoms with Crippen molar-refractivity contribution in [1.29, 1.82) is 0 Å². The first kappa shape index (κ1) is 17.6. The highest BCUT2D eigenvalue weighted by Crippen LogP contribution is 2.19. The second-order valence-electron chi connectivity index (χ2n) is 5.92. The van der Waals surface area contributed by atoms with Gasteiger partial charge in [-0.15, -0.1) is 0 Å². The fourth-order valence-electron chi connectivity index (χ4n) is 1.05. The van der Waals surface area contributed by atoms with Crippen LogP contribution in [0.25, 0.3) is 0 Å². The average Bonchev–Trinajstić information content (AvgIpc) is 2.25. The van der Waals surface area contributed by atoms with Gasteiger partial charge in [0.15, 0.2) is 0 Å². The highest BCUT2D eigenvalue weighted by molar-refractivity contribution is 5.85. The number of ether oxygens (including phenoxy) is 1. The quantitative estimate of drug-likeness (QED) is 0.496. The van der Waals surface area contributed by atoms with E-state index < -0.39 is 29.0 Å². The summed E-state index contributed by atoms with van der Waals surface area (Å²) in [6.07, 6.45) is 0.787. The molecule has 0 aliphatic heterocycles. The number of nitrogens with one attached hydrogen (secondary N) is 1. The molecule has 0 aromatic rings. The normalized spacial score (nSPS) is 14.3. The van der Waals surface area contributed by atoms with Crippen molar-refractivity contribution in [2.24, 2.45) is 5.41 Å². The number of carbonyl (C=O) groups is 2. The molecule has 3 N–H and O–H groups in total. The first-order chi connectivity index (χ1) is 8.49. The molecule has 0 aromatic heterocycles. The van der Waals surface area contributed by atoms with Crippen molar-refractivity contribution in [3.63, 3.8) is 0 Å². The largest absolute Gasteiger partial charge is 0.457 e. The van der Waals surface area contributed by atoms with Crippen molar-refractivity contribution in [2.45, 2.75) is 46.3 Å². The number of aliphatic hydroxyl groups is 2. The second-order valence-corrected chi connectivity index (χ2v) is 5.92. The molecule has 0 spiro atoms. The van der Waals surface area contributed by atoms with E-state index in [2.05, 4.69) is 5.32 Å². The van der Waals surface area contributed by atoms with E-state index in [-0.39, 0.29) is 6.61 Å². The van der Waals surface area contributed by atoms with E-state index in [0.29, 0.717) is 0 Å². The van der Waals surface area contributed by atoms with Crippen LogP contribution in [0.15, 0.2) is 12.3 Å². The molecular formula is C13H23NO5. The smallest absolute Gasteiger partial charge is 0.332 e. The van der Waals surface area contributed by atoms with E-state index in [1.54, 1.807) is 34.6 Å². The molecule has 0 saturated carbocycles. The fraction of sp³-hybridized carbons (Fsp3) is 0.692. The van der Waals surface area contributed by atoms with Crippen LogP contribution in [-0.4, -0.2) is 40.4 Å². The summed E-state index contributed by atoms with van der Waals surface area (Å²) in [7, 11) is 0. The van der Waals surface area contributed by atoms with Crippen LogP contribution >= 0.6 is 0 Å². The number of rotatable bonds is 5. The van der Waals surface area contributed by atoms with Crippen LogP contribution < -0.4 is 5.32 Å². The minimum absolute atomic E-state index is 0.336. The predicted octanol–water partition coefficient (Wildman–Crippen LogP) is 0.337. The maximum absolute atomic E-state index is 11.5. The summed E-state index contributed by atoms with van der Waals surface area (Å²) in [5.41, 5.74) is -1.56. The summed E-state index contributed by atoms with van der Waals surface area (Å²) >= 11 is 0. The number of carbonyl (C=O) groups excluding carboxylic acids is 2. The van der Waals surface area contributed by atoms with Crippen molar-refractivity contribution in [1.82, 2.24) is 5.32 Å². The lowest BCUT2D eigenvalue weighted by molar-refractivity contribution is -0.148. The highest BCUT2D eigenvalue weighted by atomic mass is 16.6. The van der Waals surface area contributed by atoms with Gasteiger partial charge in [-0.25, -0.2) is 4.79 Å². The summed E-state index contributed by atoms with van der Waals surface area (Å²) < 4.78 is 4.99. The molecule has 1 atom stereocenters. The van der Waals surface area contributed by atoms with Gasteiger partial charge in [0.1, 0.15) is 11.7 Å². The van der Waals surface area contributed by atoms with Gasteiger partial charge in [0.2, 0.25) is 0 Å². The first-order valence-electron chi connectivity index (χ1n) is 5.98. The van der Waals surface area contributed by atoms with Gasteiger partial charge < -0.3 is 20.3 Å². The predicted molar refractivity (Wildman–Crippen MR) is 70.0 cm³/mol. The van der Waals surface area contributed by atoms with E-state index in [9.17, 15) is 14.7 Å². The van der Waals surface area contributed by atoms with Crippen molar-refractivity contribution in [3.05, 3.63) is 12.3 Å². The lowest BCUT2D eigenvalue weighted by atomic mass is 9.87. The molecule has 110 valence electrons. The third kappa shape index (κ3) is 6.93. The highest BCUT2D eigenvalue weighted by Gasteiger charge is 2.32. The van der Waals surface area contributed by atoms with Gasteiger partial charge in [0, 0.05) is 17.7 Å². The van der Waals surface area contributed by atoms with Crippen LogP contribution in [0.3, 0.4) is 0 Å². The summed E-state index contributed by atoms with van der Waals surface area (Å²) in [5, 5.41) is 21.0. The number of esters is 1. The van der Waals surface area contributed by atoms with E-state index in [0.717, 1.165) is 12.3 Å². The molecule has 6 heteroatoms. The molecule has 1 amide bonds. The Kier molecular flexibility index (Phi) is 6.18. The Labute approximate surface area is 113 Å². The zero-order valence-corrected chi connectivity index (χ0v) is 12.1. The summed E-state index contributed by atoms with van der Waals surface area (Å²) in [4.78, 5) is 22.8. The minimum Gasteiger partial charge on any atom is -0.457 e. The van der Waals surface area contributed by atoms with E-state index >= 15 is 0 Å². The Morgan fingerprint density at radius 2 is 1.79 bits per heavy atom. The molecule has 0 aliphatic carbocycles. The molecule has 0 rings (SSSR count). The molecule has 19 heavy (non-hydrogen) atoms. The maximum atomic E-state index is 11.5. The zero-order chi connectivity index (χ0) is 15.3. The fourth-order valence-corrected chi connectivity index (χ4v) is 1.05. The van der Waals surface area contributed by atoms with E-state index in [1.807, 2.05) is 0 Å². The topological polar surface area (TPSA) is 95.9 Å². The number of hydrogen-bond donors (Lipinski definition) is 3. The number of amides is 1. The molecule has 0 radical (unpaired) electrons. The van der Waals surface area contributed by atoms with Crippen LogP contribution in [0, 0.1) is 5.41 Å². The van der Waals surface area contributed by atoms with Crippen LogP contribution in [0.4, 0.5) is 0 Å². The van der Waals surface area contributed by atoms with Crippen LogP contribution in [-0.2, 0) is 14.3 Å². The van der Waals surface area contributed by atoms with Gasteiger partial charge in [-0.05, 0) is 20.8 Å². The van der Waals surface area contributed by atoms with E-state index in [1.165, 1.54) is 0 Å². The summed E-state index contributed by atoms with van der Waals surface area (Å²) in [5.74, 6) is -1.29. The average molecular weight is 273 g/mol. The zero-order valence-electron chi connectivity index (χ0n) is 12.1. The summed E-state index contributed by atoms with van der Waals surface area (Å²) in [6.45, 7) is 7.95. The Bertz CT molecular complexity index is 355. The lowest BCUT2D eigenvalue weighted by Gasteiger charge is -2.26. The van der Waals surface area contributed by atoms with Crippen LogP contribution in [0.5, 0.6) is 0 Å². The van der Waals surface area contributed by atoms with Crippen LogP contribution in [0.2, 0.25) is 0 Å². The minimum atomic E-state index is -1.37. The molecule has 6 nitrogen and oxygen atoms in total. The third-order valence-corrected chi connectivity index (χ3v) is 2.25. The molecule has 0 aliphatic rings. The maximum Gasteiger partial charge on any atom is 0.332 e. The summed E-state index contributed by atoms with van der Waals surface area (Å²) in [6, 6.07) is 0. The SMILES string of the molecule is CC(C)(C)OC(=O)/C=C/NC(=O)[C@@H](O)C(C)(C)CO. The number of aliphatic hydroxyl groups excluding tert-OH is 2. The number of hydrogen-bond acceptors (Lipinski definition) is 5. The monoisotopic (exact) mass is 273 g/mol. The third-order valence-electron chi connectivity index (χ3n) is 2.25. The standard InChI is InChI=1S/C13H23NO5/c1-12(2,3)19-9(16)6-7-14-11(18)10(17)13(4,5)8-15/h6-7,10,15,17H,8H2,1-5H3,(H,14,18)/b7-6+/t10-/m1/s1. The van der Waals surface area contributed by atoms with Crippen LogP contribution in [0.1, 0.15) is 34.6 Å². The first-order valence-corrected chi connectivity index (χ1v) is 5.98.